The first-order valence-corrected chi connectivity index (χ1v) is 7.82. The van der Waals surface area contributed by atoms with Crippen LogP contribution in [0.1, 0.15) is 11.1 Å². The molecule has 9 heteroatoms. The van der Waals surface area contributed by atoms with E-state index in [1.807, 2.05) is 11.9 Å². The number of hydrogen-bond acceptors (Lipinski definition) is 6. The van der Waals surface area contributed by atoms with Crippen molar-refractivity contribution < 1.29 is 13.2 Å². The van der Waals surface area contributed by atoms with E-state index in [1.165, 1.54) is 12.1 Å². The van der Waals surface area contributed by atoms with Crippen molar-refractivity contribution in [3.8, 4) is 0 Å². The van der Waals surface area contributed by atoms with Crippen molar-refractivity contribution in [3.63, 3.8) is 0 Å². The molecule has 1 aliphatic rings. The Morgan fingerprint density at radius 2 is 1.96 bits per heavy atom. The third-order valence-corrected chi connectivity index (χ3v) is 4.13. The predicted molar refractivity (Wildman–Crippen MR) is 90.3 cm³/mol. The summed E-state index contributed by atoms with van der Waals surface area (Å²) >= 11 is 0. The molecule has 6 nitrogen and oxygen atoms in total. The van der Waals surface area contributed by atoms with Gasteiger partial charge < -0.3 is 21.3 Å². The van der Waals surface area contributed by atoms with Crippen LogP contribution in [-0.2, 0) is 12.7 Å². The summed E-state index contributed by atoms with van der Waals surface area (Å²) < 4.78 is 39.1. The molecule has 0 spiro atoms. The summed E-state index contributed by atoms with van der Waals surface area (Å²) in [5, 5.41) is 6.07. The fourth-order valence-corrected chi connectivity index (χ4v) is 2.69. The quantitative estimate of drug-likeness (QED) is 0.765. The van der Waals surface area contributed by atoms with Crippen molar-refractivity contribution in [2.24, 2.45) is 0 Å². The van der Waals surface area contributed by atoms with E-state index in [0.29, 0.717) is 17.7 Å². The lowest BCUT2D eigenvalue weighted by molar-refractivity contribution is -0.138. The maximum atomic E-state index is 13.0. The molecule has 0 aliphatic carbocycles. The number of aromatic nitrogens is 2. The Labute approximate surface area is 143 Å². The molecule has 1 saturated heterocycles. The molecule has 4 N–H and O–H groups in total. The molecule has 2 heterocycles. The molecule has 0 unspecified atom stereocenters. The van der Waals surface area contributed by atoms with Crippen LogP contribution >= 0.6 is 0 Å². The maximum Gasteiger partial charge on any atom is 0.416 e. The van der Waals surface area contributed by atoms with Crippen LogP contribution in [0.5, 0.6) is 0 Å². The monoisotopic (exact) mass is 352 g/mol. The molecule has 0 amide bonds. The lowest BCUT2D eigenvalue weighted by Crippen LogP contribution is -2.57. The minimum absolute atomic E-state index is 0.00921. The third kappa shape index (κ3) is 3.93. The van der Waals surface area contributed by atoms with Gasteiger partial charge in [-0.25, -0.2) is 0 Å². The van der Waals surface area contributed by atoms with Gasteiger partial charge in [-0.05, 0) is 18.7 Å². The zero-order valence-electron chi connectivity index (χ0n) is 13.6. The largest absolute Gasteiger partial charge is 0.416 e. The van der Waals surface area contributed by atoms with Crippen molar-refractivity contribution in [2.45, 2.75) is 18.8 Å². The summed E-state index contributed by atoms with van der Waals surface area (Å²) in [6, 6.07) is 7.53. The lowest BCUT2D eigenvalue weighted by atomic mass is 10.1. The third-order valence-electron chi connectivity index (χ3n) is 4.13. The van der Waals surface area contributed by atoms with Crippen LogP contribution in [0.4, 0.5) is 30.8 Å². The van der Waals surface area contributed by atoms with Crippen LogP contribution in [0, 0.1) is 0 Å². The summed E-state index contributed by atoms with van der Waals surface area (Å²) in [6.45, 7) is 1.58. The summed E-state index contributed by atoms with van der Waals surface area (Å²) in [5.41, 5.74) is 5.21. The molecule has 134 valence electrons. The molecule has 0 bridgehead atoms. The van der Waals surface area contributed by atoms with E-state index in [4.69, 9.17) is 5.73 Å². The fraction of sp³-hybridized carbons (Fsp3) is 0.375. The van der Waals surface area contributed by atoms with Crippen LogP contribution in [0.2, 0.25) is 0 Å². The second-order valence-corrected chi connectivity index (χ2v) is 5.87. The number of nitrogens with one attached hydrogen (secondary N) is 2. The number of anilines is 3. The van der Waals surface area contributed by atoms with Gasteiger partial charge in [0, 0.05) is 31.7 Å². The van der Waals surface area contributed by atoms with Gasteiger partial charge in [0.1, 0.15) is 11.6 Å². The van der Waals surface area contributed by atoms with Crippen LogP contribution in [0.15, 0.2) is 30.3 Å². The van der Waals surface area contributed by atoms with E-state index in [2.05, 4.69) is 20.6 Å². The molecule has 1 aliphatic heterocycles. The van der Waals surface area contributed by atoms with Crippen molar-refractivity contribution in [1.82, 2.24) is 15.3 Å². The van der Waals surface area contributed by atoms with E-state index in [9.17, 15) is 13.2 Å². The zero-order valence-corrected chi connectivity index (χ0v) is 13.6. The Hall–Kier alpha value is -2.55. The number of nitrogen functional groups attached to an aromatic ring is 1. The van der Waals surface area contributed by atoms with Gasteiger partial charge in [-0.2, -0.15) is 23.1 Å². The molecular formula is C16H19F3N6. The number of benzene rings is 1. The van der Waals surface area contributed by atoms with Gasteiger partial charge in [0.2, 0.25) is 5.95 Å². The van der Waals surface area contributed by atoms with E-state index in [-0.39, 0.29) is 18.1 Å². The van der Waals surface area contributed by atoms with Crippen LogP contribution in [0.3, 0.4) is 0 Å². The summed E-state index contributed by atoms with van der Waals surface area (Å²) in [7, 11) is 1.89. The normalized spacial score (nSPS) is 15.1. The van der Waals surface area contributed by atoms with Gasteiger partial charge in [0.25, 0.3) is 0 Å². The van der Waals surface area contributed by atoms with Crippen LogP contribution < -0.4 is 21.3 Å². The summed E-state index contributed by atoms with van der Waals surface area (Å²) in [6.07, 6.45) is -4.39. The Morgan fingerprint density at radius 1 is 1.24 bits per heavy atom. The van der Waals surface area contributed by atoms with Crippen molar-refractivity contribution >= 4 is 17.6 Å². The molecule has 0 atom stereocenters. The molecular weight excluding hydrogens is 333 g/mol. The topological polar surface area (TPSA) is 79.1 Å². The lowest BCUT2D eigenvalue weighted by Gasteiger charge is -2.40. The second kappa shape index (κ2) is 6.75. The number of nitrogens with two attached hydrogens (primary N) is 1. The molecule has 0 saturated carbocycles. The van der Waals surface area contributed by atoms with Gasteiger partial charge in [0.05, 0.1) is 5.56 Å². The average molecular weight is 352 g/mol. The molecule has 1 aromatic carbocycles. The molecule has 1 fully saturated rings. The smallest absolute Gasteiger partial charge is 0.368 e. The van der Waals surface area contributed by atoms with E-state index < -0.39 is 11.7 Å². The Bertz CT molecular complexity index is 743. The first kappa shape index (κ1) is 17.3. The number of likely N-dealkylation sites (N-methyl/N-ethyl adjacent to an activating group) is 1. The van der Waals surface area contributed by atoms with Gasteiger partial charge >= 0.3 is 6.18 Å². The van der Waals surface area contributed by atoms with E-state index in [0.717, 1.165) is 19.2 Å². The number of rotatable bonds is 5. The number of halogens is 3. The summed E-state index contributed by atoms with van der Waals surface area (Å²) in [5.74, 6) is 1.13. The average Bonchev–Trinajstić information content (AvgIpc) is 2.51. The van der Waals surface area contributed by atoms with E-state index >= 15 is 0 Å². The fourth-order valence-electron chi connectivity index (χ4n) is 2.69. The first-order valence-electron chi connectivity index (χ1n) is 7.82. The molecule has 0 radical (unpaired) electrons. The Morgan fingerprint density at radius 3 is 2.64 bits per heavy atom. The number of nitrogens with zero attached hydrogens (tertiary/aromatic N) is 3. The molecule has 1 aromatic heterocycles. The molecule has 25 heavy (non-hydrogen) atoms. The Kier molecular flexibility index (Phi) is 4.67. The minimum Gasteiger partial charge on any atom is -0.368 e. The van der Waals surface area contributed by atoms with Gasteiger partial charge in [-0.15, -0.1) is 0 Å². The highest BCUT2D eigenvalue weighted by Crippen LogP contribution is 2.32. The number of alkyl halides is 3. The van der Waals surface area contributed by atoms with Crippen molar-refractivity contribution in [2.75, 3.05) is 36.1 Å². The second-order valence-electron chi connectivity index (χ2n) is 5.87. The minimum atomic E-state index is -4.39. The highest BCUT2D eigenvalue weighted by Gasteiger charge is 2.32. The van der Waals surface area contributed by atoms with E-state index in [1.54, 1.807) is 12.1 Å². The van der Waals surface area contributed by atoms with Gasteiger partial charge in [-0.1, -0.05) is 18.2 Å². The van der Waals surface area contributed by atoms with Crippen molar-refractivity contribution in [1.29, 1.82) is 0 Å². The summed E-state index contributed by atoms with van der Waals surface area (Å²) in [4.78, 5) is 10.3. The zero-order chi connectivity index (χ0) is 18.0. The molecule has 3 rings (SSSR count). The number of hydrogen-bond donors (Lipinski definition) is 3. The predicted octanol–water partition coefficient (Wildman–Crippen LogP) is 2.10. The highest BCUT2D eigenvalue weighted by molar-refractivity contribution is 5.54. The first-order chi connectivity index (χ1) is 11.9. The van der Waals surface area contributed by atoms with Crippen LogP contribution in [-0.4, -0.2) is 36.1 Å². The molecule has 2 aromatic rings. The standard InChI is InChI=1S/C16H19F3N6/c1-21-11-8-25(9-11)14-6-13(23-15(20)24-14)22-7-10-4-2-3-5-12(10)16(17,18)19/h2-6,11,21H,7-9H2,1H3,(H3,20,22,23,24). The van der Waals surface area contributed by atoms with Gasteiger partial charge in [0.15, 0.2) is 0 Å². The van der Waals surface area contributed by atoms with Crippen LogP contribution in [0.25, 0.3) is 0 Å². The highest BCUT2D eigenvalue weighted by atomic mass is 19.4. The Balaban J connectivity index is 1.73. The maximum absolute atomic E-state index is 13.0. The SMILES string of the molecule is CNC1CN(c2cc(NCc3ccccc3C(F)(F)F)nc(N)n2)C1. The van der Waals surface area contributed by atoms with Crippen molar-refractivity contribution in [3.05, 3.63) is 41.5 Å². The van der Waals surface area contributed by atoms with Gasteiger partial charge in [-0.3, -0.25) is 0 Å².